The Kier molecular flexibility index (Phi) is 3.76. The lowest BCUT2D eigenvalue weighted by Gasteiger charge is -1.78. The highest BCUT2D eigenvalue weighted by molar-refractivity contribution is 5.86. The molecule has 8 heavy (non-hydrogen) atoms. The average molecular weight is 110 g/mol. The predicted octanol–water partition coefficient (Wildman–Crippen LogP) is 1.64. The summed E-state index contributed by atoms with van der Waals surface area (Å²) in [5.74, 6) is 0. The summed E-state index contributed by atoms with van der Waals surface area (Å²) in [6.07, 6.45) is 2.93. The summed E-state index contributed by atoms with van der Waals surface area (Å²) >= 11 is 0. The van der Waals surface area contributed by atoms with Crippen LogP contribution < -0.4 is 0 Å². The van der Waals surface area contributed by atoms with Crippen LogP contribution in [0.5, 0.6) is 0 Å². The smallest absolute Gasteiger partial charge is 0.115 e. The van der Waals surface area contributed by atoms with Crippen LogP contribution in [-0.4, -0.2) is 12.1 Å². The highest BCUT2D eigenvalue weighted by Crippen LogP contribution is 1.70. The van der Waals surface area contributed by atoms with Crippen molar-refractivity contribution in [3.63, 3.8) is 0 Å². The summed E-state index contributed by atoms with van der Waals surface area (Å²) in [7, 11) is 0. The molecule has 0 saturated heterocycles. The molecule has 2 heteroatoms. The van der Waals surface area contributed by atoms with Crippen molar-refractivity contribution in [2.75, 3.05) is 0 Å². The summed E-state index contributed by atoms with van der Waals surface area (Å²) in [5.41, 5.74) is 0.996. The second-order valence-corrected chi connectivity index (χ2v) is 1.52. The van der Waals surface area contributed by atoms with Crippen molar-refractivity contribution >= 4 is 12.1 Å². The third-order valence-electron chi connectivity index (χ3n) is 0.488. The van der Waals surface area contributed by atoms with Crippen molar-refractivity contribution in [2.45, 2.75) is 13.8 Å². The molecule has 0 rings (SSSR count). The second-order valence-electron chi connectivity index (χ2n) is 1.52. The first-order valence-corrected chi connectivity index (χ1v) is 2.41. The van der Waals surface area contributed by atoms with Crippen LogP contribution in [0.2, 0.25) is 0 Å². The molecule has 0 fully saturated rings. The van der Waals surface area contributed by atoms with E-state index in [1.807, 2.05) is 13.8 Å². The third-order valence-corrected chi connectivity index (χ3v) is 0.488. The van der Waals surface area contributed by atoms with E-state index in [2.05, 4.69) is 16.6 Å². The van der Waals surface area contributed by atoms with Gasteiger partial charge in [0.05, 0.1) is 0 Å². The fourth-order valence-electron chi connectivity index (χ4n) is 0.196. The molecule has 0 N–H and O–H groups in total. The van der Waals surface area contributed by atoms with Crippen LogP contribution in [0.15, 0.2) is 22.8 Å². The van der Waals surface area contributed by atoms with E-state index in [0.29, 0.717) is 0 Å². The van der Waals surface area contributed by atoms with Crippen molar-refractivity contribution in [3.8, 4) is 0 Å². The molecule has 0 aromatic heterocycles. The highest BCUT2D eigenvalue weighted by Gasteiger charge is 1.68. The lowest BCUT2D eigenvalue weighted by atomic mass is 10.5. The molecule has 0 aliphatic carbocycles. The van der Waals surface area contributed by atoms with E-state index in [-0.39, 0.29) is 0 Å². The lowest BCUT2D eigenvalue weighted by molar-refractivity contribution is 1.54. The van der Waals surface area contributed by atoms with E-state index in [0.717, 1.165) is 5.71 Å². The number of hydrogen-bond donors (Lipinski definition) is 0. The van der Waals surface area contributed by atoms with Gasteiger partial charge in [0.25, 0.3) is 0 Å². The van der Waals surface area contributed by atoms with Crippen LogP contribution in [0.25, 0.3) is 0 Å². The molecular formula is C6H10N2. The normalized spacial score (nSPS) is 9.25. The van der Waals surface area contributed by atoms with Crippen molar-refractivity contribution < 1.29 is 0 Å². The minimum absolute atomic E-state index is 0.996. The van der Waals surface area contributed by atoms with Gasteiger partial charge in [-0.3, -0.25) is 0 Å². The van der Waals surface area contributed by atoms with Gasteiger partial charge >= 0.3 is 0 Å². The Morgan fingerprint density at radius 1 is 1.50 bits per heavy atom. The first kappa shape index (κ1) is 7.08. The van der Waals surface area contributed by atoms with Crippen LogP contribution in [0.3, 0.4) is 0 Å². The van der Waals surface area contributed by atoms with E-state index in [4.69, 9.17) is 0 Å². The largest absolute Gasteiger partial charge is 0.246 e. The zero-order valence-corrected chi connectivity index (χ0v) is 5.26. The van der Waals surface area contributed by atoms with Crippen LogP contribution >= 0.6 is 0 Å². The molecule has 0 bridgehead atoms. The maximum Gasteiger partial charge on any atom is 0.115 e. The van der Waals surface area contributed by atoms with Gasteiger partial charge < -0.3 is 0 Å². The summed E-state index contributed by atoms with van der Waals surface area (Å²) < 4.78 is 0. The molecule has 0 amide bonds. The van der Waals surface area contributed by atoms with Crippen LogP contribution in [0.1, 0.15) is 13.8 Å². The molecule has 0 aromatic carbocycles. The van der Waals surface area contributed by atoms with E-state index >= 15 is 0 Å². The number of aliphatic imine (C=N–C) groups is 2. The van der Waals surface area contributed by atoms with Crippen molar-refractivity contribution in [1.29, 1.82) is 0 Å². The number of rotatable bonds is 2. The monoisotopic (exact) mass is 110 g/mol. The summed E-state index contributed by atoms with van der Waals surface area (Å²) in [6.45, 7) is 7.21. The number of hydrogen-bond acceptors (Lipinski definition) is 1. The van der Waals surface area contributed by atoms with E-state index in [1.54, 1.807) is 0 Å². The van der Waals surface area contributed by atoms with Gasteiger partial charge in [-0.05, 0) is 13.8 Å². The molecule has 0 aliphatic heterocycles. The Bertz CT molecular complexity index is 118. The van der Waals surface area contributed by atoms with E-state index in [1.165, 1.54) is 12.5 Å². The molecule has 0 heterocycles. The Morgan fingerprint density at radius 3 is 2.50 bits per heavy atom. The summed E-state index contributed by atoms with van der Waals surface area (Å²) in [6, 6.07) is 0. The molecule has 44 valence electrons. The van der Waals surface area contributed by atoms with E-state index in [9.17, 15) is 0 Å². The molecule has 0 atom stereocenters. The molecule has 0 radical (unpaired) electrons. The third kappa shape index (κ3) is 5.08. The van der Waals surface area contributed by atoms with Crippen LogP contribution in [0, 0.1) is 0 Å². The van der Waals surface area contributed by atoms with Crippen molar-refractivity contribution in [1.82, 2.24) is 0 Å². The molecule has 0 aromatic rings. The van der Waals surface area contributed by atoms with Gasteiger partial charge in [-0.1, -0.05) is 6.58 Å². The molecular weight excluding hydrogens is 100 g/mol. The van der Waals surface area contributed by atoms with Gasteiger partial charge in [-0.15, -0.1) is 0 Å². The Hall–Kier alpha value is -0.920. The molecule has 0 spiro atoms. The van der Waals surface area contributed by atoms with Crippen molar-refractivity contribution in [3.05, 3.63) is 12.8 Å². The summed E-state index contributed by atoms with van der Waals surface area (Å²) in [4.78, 5) is 7.53. The fraction of sp³-hybridized carbons (Fsp3) is 0.333. The Labute approximate surface area is 49.7 Å². The Morgan fingerprint density at radius 2 is 2.12 bits per heavy atom. The lowest BCUT2D eigenvalue weighted by Crippen LogP contribution is -1.78. The quantitative estimate of drug-likeness (QED) is 0.381. The second kappa shape index (κ2) is 4.24. The first-order chi connectivity index (χ1) is 3.77. The molecule has 0 unspecified atom stereocenters. The average Bonchev–Trinajstić information content (AvgIpc) is 1.66. The van der Waals surface area contributed by atoms with Gasteiger partial charge in [0.1, 0.15) is 6.34 Å². The summed E-state index contributed by atoms with van der Waals surface area (Å²) in [5, 5.41) is 0. The SMILES string of the molecule is C=CN=CN=C(C)C. The minimum Gasteiger partial charge on any atom is -0.246 e. The first-order valence-electron chi connectivity index (χ1n) is 2.41. The zero-order chi connectivity index (χ0) is 6.41. The standard InChI is InChI=1S/C6H10N2/c1-4-7-5-8-6(2)3/h4-5H,1H2,2-3H3. The zero-order valence-electron chi connectivity index (χ0n) is 5.26. The fourth-order valence-corrected chi connectivity index (χ4v) is 0.196. The molecule has 2 nitrogen and oxygen atoms in total. The predicted molar refractivity (Wildman–Crippen MR) is 37.5 cm³/mol. The van der Waals surface area contributed by atoms with Gasteiger partial charge in [0, 0.05) is 11.9 Å². The Balaban J connectivity index is 3.57. The number of nitrogens with zero attached hydrogens (tertiary/aromatic N) is 2. The van der Waals surface area contributed by atoms with Crippen molar-refractivity contribution in [2.24, 2.45) is 9.98 Å². The van der Waals surface area contributed by atoms with Gasteiger partial charge in [-0.2, -0.15) is 0 Å². The highest BCUT2D eigenvalue weighted by atomic mass is 14.8. The molecule has 0 saturated carbocycles. The minimum atomic E-state index is 0.996. The van der Waals surface area contributed by atoms with Crippen LogP contribution in [0.4, 0.5) is 0 Å². The van der Waals surface area contributed by atoms with Gasteiger partial charge in [0.2, 0.25) is 0 Å². The van der Waals surface area contributed by atoms with E-state index < -0.39 is 0 Å². The molecule has 0 aliphatic rings. The topological polar surface area (TPSA) is 24.7 Å². The van der Waals surface area contributed by atoms with Crippen LogP contribution in [-0.2, 0) is 0 Å². The van der Waals surface area contributed by atoms with Gasteiger partial charge in [-0.25, -0.2) is 9.98 Å². The maximum absolute atomic E-state index is 3.87. The maximum atomic E-state index is 3.87. The van der Waals surface area contributed by atoms with Gasteiger partial charge in [0.15, 0.2) is 0 Å².